The maximum Gasteiger partial charge on any atom is 0.182 e. The molecule has 0 radical (unpaired) electrons. The van der Waals surface area contributed by atoms with Crippen LogP contribution in [0.25, 0.3) is 0 Å². The molecular weight excluding hydrogens is 608 g/mol. The van der Waals surface area contributed by atoms with E-state index in [1.165, 1.54) is 6.07 Å². The van der Waals surface area contributed by atoms with Gasteiger partial charge in [0.15, 0.2) is 19.7 Å². The van der Waals surface area contributed by atoms with E-state index in [0.29, 0.717) is 0 Å². The second kappa shape index (κ2) is 12.0. The summed E-state index contributed by atoms with van der Waals surface area (Å²) in [5.74, 6) is -3.75. The van der Waals surface area contributed by atoms with Gasteiger partial charge in [-0.15, -0.1) is 0 Å². The van der Waals surface area contributed by atoms with Crippen LogP contribution in [0, 0.1) is 38.4 Å². The number of aryl methyl sites for hydroxylation is 3. The average molecular weight is 645 g/mol. The number of ketones is 1. The van der Waals surface area contributed by atoms with Gasteiger partial charge >= 0.3 is 0 Å². The number of hydrogen-bond donors (Lipinski definition) is 0. The van der Waals surface area contributed by atoms with Gasteiger partial charge in [-0.2, -0.15) is 0 Å². The summed E-state index contributed by atoms with van der Waals surface area (Å²) >= 11 is 0. The number of sulfone groups is 2. The first kappa shape index (κ1) is 31.4. The van der Waals surface area contributed by atoms with E-state index >= 15 is 4.39 Å². The molecule has 0 bridgehead atoms. The maximum atomic E-state index is 15.4. The fourth-order valence-corrected chi connectivity index (χ4v) is 11.8. The van der Waals surface area contributed by atoms with E-state index < -0.39 is 59.7 Å². The SMILES string of the molecule is Cc1ccc(C2C[C@@H]3C(S(=O)(=O)c4ccc(C)cc4)C(c4ccccc4F)CC(=O)[C@@H]3CC2S(=O)(=O)c2ccc(C)cc2)cc1. The number of rotatable bonds is 6. The highest BCUT2D eigenvalue weighted by Crippen LogP contribution is 2.54. The first-order valence-corrected chi connectivity index (χ1v) is 18.4. The lowest BCUT2D eigenvalue weighted by Crippen LogP contribution is -2.53. The topological polar surface area (TPSA) is 85.3 Å². The molecule has 2 aliphatic rings. The van der Waals surface area contributed by atoms with Gasteiger partial charge in [0.2, 0.25) is 0 Å². The lowest BCUT2D eigenvalue weighted by Gasteiger charge is -2.48. The van der Waals surface area contributed by atoms with Crippen LogP contribution in [0.3, 0.4) is 0 Å². The average Bonchev–Trinajstić information content (AvgIpc) is 3.01. The van der Waals surface area contributed by atoms with Crippen LogP contribution in [-0.2, 0) is 24.5 Å². The number of carbonyl (C=O) groups is 1. The Bertz CT molecular complexity index is 1930. The van der Waals surface area contributed by atoms with Gasteiger partial charge in [0, 0.05) is 24.2 Å². The number of benzene rings is 4. The van der Waals surface area contributed by atoms with Crippen molar-refractivity contribution in [3.8, 4) is 0 Å². The maximum absolute atomic E-state index is 15.4. The van der Waals surface area contributed by atoms with Gasteiger partial charge in [-0.3, -0.25) is 4.79 Å². The molecule has 234 valence electrons. The predicted octanol–water partition coefficient (Wildman–Crippen LogP) is 7.30. The van der Waals surface area contributed by atoms with Crippen molar-refractivity contribution < 1.29 is 26.0 Å². The molecule has 2 fully saturated rings. The summed E-state index contributed by atoms with van der Waals surface area (Å²) in [6.45, 7) is 5.71. The molecule has 4 unspecified atom stereocenters. The number of fused-ring (bicyclic) bond motifs is 1. The molecule has 0 saturated heterocycles. The number of halogens is 1. The third-order valence-corrected chi connectivity index (χ3v) is 14.5. The first-order valence-electron chi connectivity index (χ1n) is 15.3. The van der Waals surface area contributed by atoms with E-state index in [0.717, 1.165) is 22.3 Å². The number of carbonyl (C=O) groups excluding carboxylic acids is 1. The van der Waals surface area contributed by atoms with Crippen molar-refractivity contribution in [2.24, 2.45) is 11.8 Å². The Morgan fingerprint density at radius 3 is 1.67 bits per heavy atom. The zero-order chi connectivity index (χ0) is 32.1. The van der Waals surface area contributed by atoms with Crippen LogP contribution in [0.5, 0.6) is 0 Å². The zero-order valence-corrected chi connectivity index (χ0v) is 27.2. The Balaban J connectivity index is 1.52. The summed E-state index contributed by atoms with van der Waals surface area (Å²) in [4.78, 5) is 14.3. The molecule has 4 aromatic rings. The minimum Gasteiger partial charge on any atom is -0.299 e. The van der Waals surface area contributed by atoms with Gasteiger partial charge in [0.05, 0.1) is 20.3 Å². The second-order valence-corrected chi connectivity index (χ2v) is 17.0. The van der Waals surface area contributed by atoms with Crippen LogP contribution in [0.1, 0.15) is 58.9 Å². The van der Waals surface area contributed by atoms with Gasteiger partial charge < -0.3 is 0 Å². The summed E-state index contributed by atoms with van der Waals surface area (Å²) in [6, 6.07) is 27.0. The van der Waals surface area contributed by atoms with Crippen molar-refractivity contribution in [3.63, 3.8) is 0 Å². The van der Waals surface area contributed by atoms with Crippen LogP contribution < -0.4 is 0 Å². The van der Waals surface area contributed by atoms with E-state index in [4.69, 9.17) is 0 Å². The third kappa shape index (κ3) is 5.79. The highest BCUT2D eigenvalue weighted by atomic mass is 32.2. The molecule has 45 heavy (non-hydrogen) atoms. The fraction of sp³-hybridized carbons (Fsp3) is 0.324. The molecule has 4 aromatic carbocycles. The van der Waals surface area contributed by atoms with Gasteiger partial charge in [-0.25, -0.2) is 21.2 Å². The van der Waals surface area contributed by atoms with E-state index in [1.807, 2.05) is 45.0 Å². The van der Waals surface area contributed by atoms with E-state index in [1.54, 1.807) is 66.7 Å². The quantitative estimate of drug-likeness (QED) is 0.220. The van der Waals surface area contributed by atoms with Crippen LogP contribution in [0.15, 0.2) is 107 Å². The van der Waals surface area contributed by atoms with Crippen molar-refractivity contribution >= 4 is 25.5 Å². The molecule has 6 atom stereocenters. The minimum absolute atomic E-state index is 0.00215. The summed E-state index contributed by atoms with van der Waals surface area (Å²) in [6.07, 6.45) is -0.0115. The Morgan fingerprint density at radius 1 is 0.600 bits per heavy atom. The van der Waals surface area contributed by atoms with E-state index in [9.17, 15) is 21.6 Å². The van der Waals surface area contributed by atoms with Gasteiger partial charge in [-0.05, 0) is 81.0 Å². The standard InChI is InChI=1S/C37H37FO5S2/c1-23-8-14-26(15-9-23)30-20-32-31(22-36(30)44(40,41)27-16-10-24(2)11-17-27)35(39)21-33(29-6-4-5-7-34(29)38)37(32)45(42,43)28-18-12-25(3)13-19-28/h4-19,30-33,36-37H,20-22H2,1-3H3/t30?,31-,32+,33?,36?,37?/m1/s1. The largest absolute Gasteiger partial charge is 0.299 e. The van der Waals surface area contributed by atoms with Crippen LogP contribution in [0.2, 0.25) is 0 Å². The first-order chi connectivity index (χ1) is 21.4. The highest BCUT2D eigenvalue weighted by Gasteiger charge is 2.56. The Kier molecular flexibility index (Phi) is 8.33. The molecular formula is C37H37FO5S2. The number of hydrogen-bond acceptors (Lipinski definition) is 5. The lowest BCUT2D eigenvalue weighted by molar-refractivity contribution is -0.128. The lowest BCUT2D eigenvalue weighted by atomic mass is 9.61. The van der Waals surface area contributed by atoms with Crippen LogP contribution >= 0.6 is 0 Å². The van der Waals surface area contributed by atoms with Gasteiger partial charge in [0.1, 0.15) is 11.6 Å². The zero-order valence-electron chi connectivity index (χ0n) is 25.6. The summed E-state index contributed by atoms with van der Waals surface area (Å²) in [5.41, 5.74) is 3.83. The Morgan fingerprint density at radius 2 is 1.11 bits per heavy atom. The summed E-state index contributed by atoms with van der Waals surface area (Å²) < 4.78 is 73.2. The molecule has 0 aliphatic heterocycles. The predicted molar refractivity (Wildman–Crippen MR) is 173 cm³/mol. The molecule has 2 saturated carbocycles. The molecule has 0 aromatic heterocycles. The fourth-order valence-electron chi connectivity index (χ4n) is 7.52. The Hall–Kier alpha value is -3.62. The summed E-state index contributed by atoms with van der Waals surface area (Å²) in [7, 11) is -7.98. The van der Waals surface area contributed by atoms with E-state index in [-0.39, 0.29) is 40.4 Å². The van der Waals surface area contributed by atoms with Crippen molar-refractivity contribution in [1.82, 2.24) is 0 Å². The molecule has 2 aliphatic carbocycles. The molecule has 5 nitrogen and oxygen atoms in total. The van der Waals surface area contributed by atoms with Crippen molar-refractivity contribution in [3.05, 3.63) is 131 Å². The molecule has 8 heteroatoms. The molecule has 0 heterocycles. The monoisotopic (exact) mass is 644 g/mol. The second-order valence-electron chi connectivity index (χ2n) is 12.8. The highest BCUT2D eigenvalue weighted by molar-refractivity contribution is 7.92. The van der Waals surface area contributed by atoms with Crippen LogP contribution in [0.4, 0.5) is 4.39 Å². The van der Waals surface area contributed by atoms with Crippen molar-refractivity contribution in [2.45, 2.75) is 72.2 Å². The molecule has 0 amide bonds. The van der Waals surface area contributed by atoms with Gasteiger partial charge in [-0.1, -0.05) is 83.4 Å². The minimum atomic E-state index is -4.08. The summed E-state index contributed by atoms with van der Waals surface area (Å²) in [5, 5.41) is -2.04. The Labute approximate surface area is 265 Å². The number of Topliss-reactive ketones (excluding diaryl/α,β-unsaturated/α-hetero) is 1. The van der Waals surface area contributed by atoms with Crippen molar-refractivity contribution in [2.75, 3.05) is 0 Å². The molecule has 6 rings (SSSR count). The van der Waals surface area contributed by atoms with Gasteiger partial charge in [0.25, 0.3) is 0 Å². The molecule has 0 spiro atoms. The van der Waals surface area contributed by atoms with Crippen LogP contribution in [-0.4, -0.2) is 33.1 Å². The normalized spacial score (nSPS) is 25.5. The van der Waals surface area contributed by atoms with E-state index in [2.05, 4.69) is 0 Å². The molecule has 0 N–H and O–H groups in total. The third-order valence-electron chi connectivity index (χ3n) is 9.90. The van der Waals surface area contributed by atoms with Crippen molar-refractivity contribution in [1.29, 1.82) is 0 Å². The smallest absolute Gasteiger partial charge is 0.182 e.